The number of aromatic nitrogens is 2. The third-order valence-electron chi connectivity index (χ3n) is 3.69. The summed E-state index contributed by atoms with van der Waals surface area (Å²) in [5.41, 5.74) is 5.96. The van der Waals surface area contributed by atoms with Crippen molar-refractivity contribution in [2.45, 2.75) is 64.8 Å². The zero-order valence-electron chi connectivity index (χ0n) is 16.9. The van der Waals surface area contributed by atoms with Crippen molar-refractivity contribution in [3.8, 4) is 0 Å². The zero-order valence-corrected chi connectivity index (χ0v) is 17.7. The molecule has 0 fully saturated rings. The number of esters is 1. The molecule has 10 heteroatoms. The number of ether oxygens (including phenoxy) is 2. The molecular formula is C17H32N4O5S. The zero-order chi connectivity index (χ0) is 20.8. The molecule has 1 rings (SSSR count). The van der Waals surface area contributed by atoms with E-state index in [-0.39, 0.29) is 25.7 Å². The van der Waals surface area contributed by atoms with Crippen molar-refractivity contribution in [2.24, 2.45) is 5.73 Å². The molecule has 0 unspecified atom stereocenters. The van der Waals surface area contributed by atoms with E-state index in [1.165, 1.54) is 10.6 Å². The first-order valence-electron chi connectivity index (χ1n) is 8.83. The molecule has 9 nitrogen and oxygen atoms in total. The fourth-order valence-corrected chi connectivity index (χ4v) is 4.04. The van der Waals surface area contributed by atoms with Gasteiger partial charge in [0, 0.05) is 30.4 Å². The van der Waals surface area contributed by atoms with Gasteiger partial charge in [0.1, 0.15) is 18.8 Å². The Morgan fingerprint density at radius 3 is 2.44 bits per heavy atom. The van der Waals surface area contributed by atoms with Crippen molar-refractivity contribution in [2.75, 3.05) is 19.4 Å². The summed E-state index contributed by atoms with van der Waals surface area (Å²) in [6.45, 7) is 9.05. The van der Waals surface area contributed by atoms with Crippen LogP contribution in [0, 0.1) is 0 Å². The maximum absolute atomic E-state index is 12.2. The van der Waals surface area contributed by atoms with Crippen LogP contribution in [0.2, 0.25) is 0 Å². The molecule has 0 bridgehead atoms. The van der Waals surface area contributed by atoms with Gasteiger partial charge in [-0.2, -0.15) is 4.31 Å². The van der Waals surface area contributed by atoms with E-state index in [1.54, 1.807) is 27.0 Å². The summed E-state index contributed by atoms with van der Waals surface area (Å²) in [6, 6.07) is -0.848. The van der Waals surface area contributed by atoms with Crippen molar-refractivity contribution in [1.29, 1.82) is 0 Å². The SMILES string of the molecule is CC(C)O[C@H](COC(=O)[C@@H](N)Cc1cnc[nH]1)CN(C(C)(C)C)S(C)(=O)=O. The maximum Gasteiger partial charge on any atom is 0.323 e. The molecule has 3 N–H and O–H groups in total. The van der Waals surface area contributed by atoms with E-state index in [4.69, 9.17) is 15.2 Å². The second-order valence-electron chi connectivity index (χ2n) is 7.79. The summed E-state index contributed by atoms with van der Waals surface area (Å²) in [6.07, 6.45) is 3.75. The number of hydrogen-bond donors (Lipinski definition) is 2. The number of nitrogens with one attached hydrogen (secondary N) is 1. The first-order chi connectivity index (χ1) is 12.3. The number of nitrogens with zero attached hydrogens (tertiary/aromatic N) is 2. The molecule has 1 heterocycles. The Hall–Kier alpha value is -1.49. The lowest BCUT2D eigenvalue weighted by molar-refractivity contribution is -0.151. The number of H-pyrrole nitrogens is 1. The number of carbonyl (C=O) groups excluding carboxylic acids is 1. The topological polar surface area (TPSA) is 128 Å². The van der Waals surface area contributed by atoms with Gasteiger partial charge in [-0.1, -0.05) is 0 Å². The van der Waals surface area contributed by atoms with E-state index in [0.29, 0.717) is 0 Å². The van der Waals surface area contributed by atoms with E-state index in [2.05, 4.69) is 9.97 Å². The highest BCUT2D eigenvalue weighted by Crippen LogP contribution is 2.19. The minimum Gasteiger partial charge on any atom is -0.462 e. The van der Waals surface area contributed by atoms with Crippen LogP contribution in [0.15, 0.2) is 12.5 Å². The standard InChI is InChI=1S/C17H32N4O5S/c1-12(2)26-14(9-21(17(3,4)5)27(6,23)24)10-25-16(22)15(18)7-13-8-19-11-20-13/h8,11-12,14-15H,7,9-10,18H2,1-6H3,(H,19,20)/t14-,15-/m0/s1. The highest BCUT2D eigenvalue weighted by atomic mass is 32.2. The minimum atomic E-state index is -3.47. The summed E-state index contributed by atoms with van der Waals surface area (Å²) < 4.78 is 36.7. The number of sulfonamides is 1. The van der Waals surface area contributed by atoms with Crippen LogP contribution < -0.4 is 5.73 Å². The Kier molecular flexibility index (Phi) is 8.40. The number of hydrogen-bond acceptors (Lipinski definition) is 7. The van der Waals surface area contributed by atoms with E-state index < -0.39 is 33.7 Å². The summed E-state index contributed by atoms with van der Waals surface area (Å²) in [4.78, 5) is 18.9. The predicted molar refractivity (Wildman–Crippen MR) is 103 cm³/mol. The molecule has 0 amide bonds. The highest BCUT2D eigenvalue weighted by molar-refractivity contribution is 7.88. The van der Waals surface area contributed by atoms with Crippen molar-refractivity contribution >= 4 is 16.0 Å². The fourth-order valence-electron chi connectivity index (χ4n) is 2.61. The highest BCUT2D eigenvalue weighted by Gasteiger charge is 2.33. The van der Waals surface area contributed by atoms with Crippen LogP contribution in [0.1, 0.15) is 40.3 Å². The first kappa shape index (κ1) is 23.5. The quantitative estimate of drug-likeness (QED) is 0.549. The summed E-state index contributed by atoms with van der Waals surface area (Å²) in [5, 5.41) is 0. The second-order valence-corrected chi connectivity index (χ2v) is 9.70. The van der Waals surface area contributed by atoms with Gasteiger partial charge < -0.3 is 20.2 Å². The summed E-state index contributed by atoms with van der Waals surface area (Å²) >= 11 is 0. The average Bonchev–Trinajstić information content (AvgIpc) is 2.99. The molecule has 0 aliphatic heterocycles. The summed E-state index contributed by atoms with van der Waals surface area (Å²) in [7, 11) is -3.47. The van der Waals surface area contributed by atoms with Crippen molar-refractivity contribution in [1.82, 2.24) is 14.3 Å². The van der Waals surface area contributed by atoms with Gasteiger partial charge in [0.2, 0.25) is 10.0 Å². The Bertz CT molecular complexity index is 683. The molecule has 0 radical (unpaired) electrons. The van der Waals surface area contributed by atoms with Crippen LogP contribution in [0.25, 0.3) is 0 Å². The Morgan fingerprint density at radius 2 is 2.00 bits per heavy atom. The molecule has 0 aliphatic rings. The van der Waals surface area contributed by atoms with Crippen molar-refractivity contribution in [3.05, 3.63) is 18.2 Å². The largest absolute Gasteiger partial charge is 0.462 e. The van der Waals surface area contributed by atoms with E-state index in [9.17, 15) is 13.2 Å². The molecule has 27 heavy (non-hydrogen) atoms. The number of nitrogens with two attached hydrogens (primary N) is 1. The average molecular weight is 405 g/mol. The molecule has 2 atom stereocenters. The minimum absolute atomic E-state index is 0.0730. The van der Waals surface area contributed by atoms with Crippen molar-refractivity contribution < 1.29 is 22.7 Å². The van der Waals surface area contributed by atoms with Crippen LogP contribution in [0.3, 0.4) is 0 Å². The molecule has 0 saturated carbocycles. The molecule has 0 aromatic carbocycles. The predicted octanol–water partition coefficient (Wildman–Crippen LogP) is 0.676. The van der Waals surface area contributed by atoms with Gasteiger partial charge in [-0.3, -0.25) is 4.79 Å². The Balaban J connectivity index is 2.74. The normalized spacial score (nSPS) is 15.1. The lowest BCUT2D eigenvalue weighted by Gasteiger charge is -2.36. The van der Waals surface area contributed by atoms with E-state index >= 15 is 0 Å². The van der Waals surface area contributed by atoms with Gasteiger partial charge in [0.25, 0.3) is 0 Å². The van der Waals surface area contributed by atoms with Crippen LogP contribution in [0.4, 0.5) is 0 Å². The van der Waals surface area contributed by atoms with E-state index in [0.717, 1.165) is 11.9 Å². The van der Waals surface area contributed by atoms with Gasteiger partial charge >= 0.3 is 5.97 Å². The fraction of sp³-hybridized carbons (Fsp3) is 0.765. The van der Waals surface area contributed by atoms with Gasteiger partial charge in [-0.05, 0) is 34.6 Å². The molecular weight excluding hydrogens is 372 g/mol. The molecule has 1 aromatic rings. The monoisotopic (exact) mass is 404 g/mol. The third-order valence-corrected chi connectivity index (χ3v) is 5.19. The lowest BCUT2D eigenvalue weighted by atomic mass is 10.1. The van der Waals surface area contributed by atoms with Gasteiger partial charge in [0.15, 0.2) is 0 Å². The number of rotatable bonds is 10. The van der Waals surface area contributed by atoms with Crippen LogP contribution in [0.5, 0.6) is 0 Å². The number of imidazole rings is 1. The molecule has 1 aromatic heterocycles. The third kappa shape index (κ3) is 8.37. The van der Waals surface area contributed by atoms with Crippen molar-refractivity contribution in [3.63, 3.8) is 0 Å². The summed E-state index contributed by atoms with van der Waals surface area (Å²) in [5.74, 6) is -0.580. The molecule has 156 valence electrons. The smallest absolute Gasteiger partial charge is 0.323 e. The van der Waals surface area contributed by atoms with Crippen LogP contribution in [-0.2, 0) is 30.7 Å². The number of carbonyl (C=O) groups is 1. The first-order valence-corrected chi connectivity index (χ1v) is 10.7. The lowest BCUT2D eigenvalue weighted by Crippen LogP contribution is -2.50. The Morgan fingerprint density at radius 1 is 1.37 bits per heavy atom. The molecule has 0 aliphatic carbocycles. The van der Waals surface area contributed by atoms with Gasteiger partial charge in [-0.15, -0.1) is 0 Å². The molecule has 0 spiro atoms. The number of aromatic amines is 1. The van der Waals surface area contributed by atoms with Crippen LogP contribution in [-0.4, -0.2) is 71.9 Å². The maximum atomic E-state index is 12.2. The van der Waals surface area contributed by atoms with Gasteiger partial charge in [0.05, 0.1) is 18.7 Å². The Labute approximate surface area is 161 Å². The van der Waals surface area contributed by atoms with Crippen LogP contribution >= 0.6 is 0 Å². The van der Waals surface area contributed by atoms with Gasteiger partial charge in [-0.25, -0.2) is 13.4 Å². The molecule has 0 saturated heterocycles. The second kappa shape index (κ2) is 9.63. The van der Waals surface area contributed by atoms with E-state index in [1.807, 2.05) is 13.8 Å².